The summed E-state index contributed by atoms with van der Waals surface area (Å²) in [4.78, 5) is 16.5. The van der Waals surface area contributed by atoms with Crippen LogP contribution in [0, 0.1) is 5.82 Å². The molecule has 0 radical (unpaired) electrons. The van der Waals surface area contributed by atoms with Gasteiger partial charge < -0.3 is 10.4 Å². The Morgan fingerprint density at radius 1 is 1.29 bits per heavy atom. The summed E-state index contributed by atoms with van der Waals surface area (Å²) in [5, 5.41) is 13.7. The van der Waals surface area contributed by atoms with Crippen molar-refractivity contribution in [2.45, 2.75) is 37.3 Å². The normalized spacial score (nSPS) is 17.7. The van der Waals surface area contributed by atoms with Crippen molar-refractivity contribution >= 4 is 40.4 Å². The summed E-state index contributed by atoms with van der Waals surface area (Å²) in [6, 6.07) is 5.64. The number of benzene rings is 1. The van der Waals surface area contributed by atoms with Gasteiger partial charge in [-0.3, -0.25) is 4.79 Å². The molecule has 2 N–H and O–H groups in total. The third kappa shape index (κ3) is 3.42. The van der Waals surface area contributed by atoms with Crippen LogP contribution in [0.3, 0.4) is 0 Å². The molecule has 24 heavy (non-hydrogen) atoms. The van der Waals surface area contributed by atoms with Crippen LogP contribution in [-0.4, -0.2) is 21.5 Å². The van der Waals surface area contributed by atoms with Crippen molar-refractivity contribution in [3.05, 3.63) is 50.1 Å². The van der Waals surface area contributed by atoms with E-state index in [4.69, 9.17) is 23.2 Å². The van der Waals surface area contributed by atoms with E-state index in [1.54, 1.807) is 0 Å². The van der Waals surface area contributed by atoms with E-state index in [1.165, 1.54) is 24.3 Å². The predicted molar refractivity (Wildman–Crippen MR) is 92.2 cm³/mol. The molecule has 0 aliphatic heterocycles. The number of nitrogens with one attached hydrogen (secondary N) is 1. The number of halogens is 3. The Balaban J connectivity index is 1.87. The second-order valence-electron chi connectivity index (χ2n) is 5.86. The first-order valence-electron chi connectivity index (χ1n) is 7.49. The van der Waals surface area contributed by atoms with Gasteiger partial charge >= 0.3 is 0 Å². The van der Waals surface area contributed by atoms with Gasteiger partial charge in [-0.1, -0.05) is 59.5 Å². The molecular formula is C16H15Cl2FN2O2S. The quantitative estimate of drug-likeness (QED) is 0.817. The summed E-state index contributed by atoms with van der Waals surface area (Å²) in [6.07, 6.45) is 2.05. The van der Waals surface area contributed by atoms with Crippen molar-refractivity contribution in [1.29, 1.82) is 0 Å². The molecule has 3 rings (SSSR count). The predicted octanol–water partition coefficient (Wildman–Crippen LogP) is 4.37. The highest BCUT2D eigenvalue weighted by atomic mass is 35.5. The fourth-order valence-corrected chi connectivity index (χ4v) is 4.44. The average Bonchev–Trinajstić information content (AvgIpc) is 3.14. The molecule has 1 unspecified atom stereocenters. The molecule has 1 aliphatic rings. The van der Waals surface area contributed by atoms with E-state index in [0.717, 1.165) is 24.2 Å². The first-order chi connectivity index (χ1) is 11.4. The number of amides is 1. The van der Waals surface area contributed by atoms with Crippen molar-refractivity contribution in [2.75, 3.05) is 0 Å². The lowest BCUT2D eigenvalue weighted by molar-refractivity contribution is 0.0511. The van der Waals surface area contributed by atoms with Crippen LogP contribution in [0.25, 0.3) is 0 Å². The Hall–Kier alpha value is -1.21. The van der Waals surface area contributed by atoms with Crippen molar-refractivity contribution in [3.63, 3.8) is 0 Å². The summed E-state index contributed by atoms with van der Waals surface area (Å²) in [5.41, 5.74) is -0.209. The number of carbonyl (C=O) groups excluding carboxylic acids is 1. The lowest BCUT2D eigenvalue weighted by Crippen LogP contribution is -2.51. The van der Waals surface area contributed by atoms with Crippen LogP contribution in [0.2, 0.25) is 8.80 Å². The van der Waals surface area contributed by atoms with Crippen molar-refractivity contribution in [1.82, 2.24) is 10.3 Å². The Labute approximate surface area is 152 Å². The van der Waals surface area contributed by atoms with Gasteiger partial charge in [0.2, 0.25) is 0 Å². The zero-order valence-electron chi connectivity index (χ0n) is 12.6. The van der Waals surface area contributed by atoms with E-state index < -0.39 is 17.6 Å². The molecule has 1 atom stereocenters. The zero-order chi connectivity index (χ0) is 17.3. The lowest BCUT2D eigenvalue weighted by atomic mass is 9.85. The van der Waals surface area contributed by atoms with Gasteiger partial charge in [0.1, 0.15) is 16.3 Å². The largest absolute Gasteiger partial charge is 0.386 e. The standard InChI is InChI=1S/C16H15Cl2FN2O2S/c17-13-11(20-15(18)24-13)14(23)21-16(7-1-2-8-16)12(22)9-3-5-10(19)6-4-9/h3-6,12,22H,1-2,7-8H2,(H,21,23). The number of thiazole rings is 1. The Morgan fingerprint density at radius 3 is 2.46 bits per heavy atom. The van der Waals surface area contributed by atoms with Crippen LogP contribution < -0.4 is 5.32 Å². The molecule has 1 aliphatic carbocycles. The highest BCUT2D eigenvalue weighted by Crippen LogP contribution is 2.40. The molecule has 0 bridgehead atoms. The molecular weight excluding hydrogens is 374 g/mol. The summed E-state index contributed by atoms with van der Waals surface area (Å²) in [7, 11) is 0. The summed E-state index contributed by atoms with van der Waals surface area (Å²) >= 11 is 12.8. The number of rotatable bonds is 4. The highest BCUT2D eigenvalue weighted by molar-refractivity contribution is 7.19. The Kier molecular flexibility index (Phi) is 5.11. The molecule has 1 amide bonds. The number of hydrogen-bond acceptors (Lipinski definition) is 4. The van der Waals surface area contributed by atoms with Gasteiger partial charge in [0, 0.05) is 0 Å². The smallest absolute Gasteiger partial charge is 0.272 e. The molecule has 0 saturated heterocycles. The average molecular weight is 389 g/mol. The molecule has 1 saturated carbocycles. The molecule has 0 spiro atoms. The second kappa shape index (κ2) is 6.96. The molecule has 8 heteroatoms. The molecule has 128 valence electrons. The molecule has 1 aromatic heterocycles. The van der Waals surface area contributed by atoms with Crippen LogP contribution in [-0.2, 0) is 0 Å². The van der Waals surface area contributed by atoms with Crippen molar-refractivity contribution in [2.24, 2.45) is 0 Å². The minimum Gasteiger partial charge on any atom is -0.386 e. The molecule has 4 nitrogen and oxygen atoms in total. The fraction of sp³-hybridized carbons (Fsp3) is 0.375. The van der Waals surface area contributed by atoms with Crippen molar-refractivity contribution in [3.8, 4) is 0 Å². The molecule has 2 aromatic rings. The van der Waals surface area contributed by atoms with E-state index in [-0.39, 0.29) is 20.3 Å². The number of aliphatic hydroxyl groups excluding tert-OH is 1. The van der Waals surface area contributed by atoms with Gasteiger partial charge in [-0.15, -0.1) is 0 Å². The van der Waals surface area contributed by atoms with Gasteiger partial charge in [-0.2, -0.15) is 0 Å². The molecule has 1 heterocycles. The highest BCUT2D eigenvalue weighted by Gasteiger charge is 2.43. The first-order valence-corrected chi connectivity index (χ1v) is 9.06. The number of carbonyl (C=O) groups is 1. The van der Waals surface area contributed by atoms with Crippen LogP contribution in [0.4, 0.5) is 4.39 Å². The van der Waals surface area contributed by atoms with Crippen molar-refractivity contribution < 1.29 is 14.3 Å². The van der Waals surface area contributed by atoms with E-state index in [9.17, 15) is 14.3 Å². The number of aliphatic hydroxyl groups is 1. The molecule has 1 fully saturated rings. The lowest BCUT2D eigenvalue weighted by Gasteiger charge is -2.35. The summed E-state index contributed by atoms with van der Waals surface area (Å²) < 4.78 is 13.5. The van der Waals surface area contributed by atoms with Crippen LogP contribution in [0.5, 0.6) is 0 Å². The topological polar surface area (TPSA) is 62.2 Å². The van der Waals surface area contributed by atoms with E-state index >= 15 is 0 Å². The summed E-state index contributed by atoms with van der Waals surface area (Å²) in [5.74, 6) is -0.842. The SMILES string of the molecule is O=C(NC1(C(O)c2ccc(F)cc2)CCCC1)c1nc(Cl)sc1Cl. The minimum absolute atomic E-state index is 0.0595. The zero-order valence-corrected chi connectivity index (χ0v) is 14.9. The second-order valence-corrected chi connectivity index (χ2v) is 8.04. The fourth-order valence-electron chi connectivity index (χ4n) is 3.14. The maximum Gasteiger partial charge on any atom is 0.272 e. The first kappa shape index (κ1) is 17.6. The monoisotopic (exact) mass is 388 g/mol. The minimum atomic E-state index is -0.947. The Bertz CT molecular complexity index is 745. The van der Waals surface area contributed by atoms with Gasteiger partial charge in [0.05, 0.1) is 5.54 Å². The third-order valence-electron chi connectivity index (χ3n) is 4.34. The number of nitrogens with zero attached hydrogens (tertiary/aromatic N) is 1. The van der Waals surface area contributed by atoms with Gasteiger partial charge in [-0.05, 0) is 30.5 Å². The Morgan fingerprint density at radius 2 is 1.92 bits per heavy atom. The number of hydrogen-bond donors (Lipinski definition) is 2. The van der Waals surface area contributed by atoms with E-state index in [1.807, 2.05) is 0 Å². The van der Waals surface area contributed by atoms with Crippen LogP contribution in [0.15, 0.2) is 24.3 Å². The molecule has 1 aromatic carbocycles. The van der Waals surface area contributed by atoms with Gasteiger partial charge in [-0.25, -0.2) is 9.37 Å². The van der Waals surface area contributed by atoms with Crippen LogP contribution >= 0.6 is 34.5 Å². The third-order valence-corrected chi connectivity index (χ3v) is 5.70. The summed E-state index contributed by atoms with van der Waals surface area (Å²) in [6.45, 7) is 0. The van der Waals surface area contributed by atoms with Gasteiger partial charge in [0.25, 0.3) is 5.91 Å². The van der Waals surface area contributed by atoms with E-state index in [2.05, 4.69) is 10.3 Å². The number of aromatic nitrogens is 1. The van der Waals surface area contributed by atoms with E-state index in [0.29, 0.717) is 18.4 Å². The maximum atomic E-state index is 13.1. The maximum absolute atomic E-state index is 13.1. The van der Waals surface area contributed by atoms with Crippen LogP contribution in [0.1, 0.15) is 47.8 Å². The van der Waals surface area contributed by atoms with Gasteiger partial charge in [0.15, 0.2) is 10.2 Å².